The van der Waals surface area contributed by atoms with E-state index in [1.54, 1.807) is 58.8 Å². The van der Waals surface area contributed by atoms with E-state index in [9.17, 15) is 24.3 Å². The van der Waals surface area contributed by atoms with Gasteiger partial charge in [0.15, 0.2) is 5.76 Å². The number of imide groups is 1. The van der Waals surface area contributed by atoms with Gasteiger partial charge in [0, 0.05) is 41.4 Å². The van der Waals surface area contributed by atoms with Crippen LogP contribution in [0.2, 0.25) is 5.02 Å². The Morgan fingerprint density at radius 2 is 1.63 bits per heavy atom. The minimum absolute atomic E-state index is 0.0234. The van der Waals surface area contributed by atoms with Crippen LogP contribution in [0, 0.1) is 13.8 Å². The largest absolute Gasteiger partial charge is 0.459 e. The molecule has 3 amide bonds. The summed E-state index contributed by atoms with van der Waals surface area (Å²) in [6.07, 6.45) is 1.05. The lowest BCUT2D eigenvalue weighted by atomic mass is 9.93. The first-order valence-electron chi connectivity index (χ1n) is 16.7. The monoisotopic (exact) mass is 718 g/mol. The van der Waals surface area contributed by atoms with Crippen molar-refractivity contribution in [2.75, 3.05) is 10.2 Å². The Bertz CT molecular complexity index is 2310. The zero-order valence-corrected chi connectivity index (χ0v) is 29.4. The molecule has 0 aliphatic carbocycles. The number of hydrogen-bond acceptors (Lipinski definition) is 7. The van der Waals surface area contributed by atoms with Crippen molar-refractivity contribution in [3.8, 4) is 5.69 Å². The van der Waals surface area contributed by atoms with Gasteiger partial charge in [-0.25, -0.2) is 9.58 Å². The van der Waals surface area contributed by atoms with Crippen molar-refractivity contribution in [1.29, 1.82) is 0 Å². The number of anilines is 2. The maximum atomic E-state index is 14.0. The Morgan fingerprint density at radius 3 is 2.35 bits per heavy atom. The lowest BCUT2D eigenvalue weighted by Crippen LogP contribution is -2.31. The van der Waals surface area contributed by atoms with Gasteiger partial charge in [-0.2, -0.15) is 0 Å². The maximum absolute atomic E-state index is 14.0. The van der Waals surface area contributed by atoms with Gasteiger partial charge in [0.05, 0.1) is 35.7 Å². The molecule has 2 atom stereocenters. The number of ether oxygens (including phenoxy) is 2. The molecule has 3 heterocycles. The highest BCUT2D eigenvalue weighted by Crippen LogP contribution is 2.35. The third kappa shape index (κ3) is 6.45. The van der Waals surface area contributed by atoms with Crippen LogP contribution in [0.5, 0.6) is 0 Å². The van der Waals surface area contributed by atoms with Gasteiger partial charge in [0.2, 0.25) is 6.29 Å². The molecule has 2 N–H and O–H groups in total. The normalized spacial score (nSPS) is 16.8. The van der Waals surface area contributed by atoms with Gasteiger partial charge >= 0.3 is 0 Å². The topological polar surface area (TPSA) is 132 Å². The third-order valence-corrected chi connectivity index (χ3v) is 9.67. The Labute approximate surface area is 304 Å². The summed E-state index contributed by atoms with van der Waals surface area (Å²) < 4.78 is 15.7. The SMILES string of the molecule is Cc1cc(NC(=O)C2=C[C@@H](c3c(C)n(C)n(-c4ccccc4)c3=O)C[C@@H](OCc3ccc(CO)cc3)O2)ccc1N1C(=O)c2ccc(Cl)cc2C1=O. The van der Waals surface area contributed by atoms with Gasteiger partial charge < -0.3 is 19.9 Å². The number of para-hydroxylation sites is 1. The van der Waals surface area contributed by atoms with E-state index in [1.807, 2.05) is 56.4 Å². The van der Waals surface area contributed by atoms with E-state index in [2.05, 4.69) is 5.32 Å². The number of fused-ring (bicyclic) bond motifs is 1. The summed E-state index contributed by atoms with van der Waals surface area (Å²) in [4.78, 5) is 55.3. The molecule has 264 valence electrons. The summed E-state index contributed by atoms with van der Waals surface area (Å²) in [5.74, 6) is -2.05. The standard InChI is InChI=1S/C40H35ClN4O7/c1-23-17-29(14-16-33(23)44-38(48)31-15-13-28(41)20-32(31)39(44)49)42-37(47)34-18-27(19-35(52-34)51-22-26-11-9-25(21-46)10-12-26)36-24(2)43(3)45(40(36)50)30-7-5-4-6-8-30/h4-18,20,27,35,46H,19,21-22H2,1-3H3,(H,42,47)/t27-,35+/m1/s1. The second kappa shape index (κ2) is 14.1. The number of carbonyl (C=O) groups is 3. The molecule has 11 nitrogen and oxygen atoms in total. The summed E-state index contributed by atoms with van der Waals surface area (Å²) in [5.41, 5.74) is 5.21. The van der Waals surface area contributed by atoms with E-state index in [0.717, 1.165) is 21.7 Å². The highest BCUT2D eigenvalue weighted by Gasteiger charge is 2.38. The lowest BCUT2D eigenvalue weighted by molar-refractivity contribution is -0.147. The number of aliphatic hydroxyl groups excluding tert-OH is 1. The Hall–Kier alpha value is -5.75. The first-order chi connectivity index (χ1) is 25.0. The number of rotatable bonds is 9. The molecule has 0 radical (unpaired) electrons. The zero-order chi connectivity index (χ0) is 36.7. The predicted octanol–water partition coefficient (Wildman–Crippen LogP) is 6.31. The van der Waals surface area contributed by atoms with E-state index in [0.29, 0.717) is 33.2 Å². The molecule has 4 aromatic carbocycles. The number of hydrogen-bond donors (Lipinski definition) is 2. The van der Waals surface area contributed by atoms with Crippen molar-refractivity contribution < 1.29 is 29.0 Å². The molecule has 12 heteroatoms. The number of nitrogens with zero attached hydrogens (tertiary/aromatic N) is 3. The number of halogens is 1. The second-order valence-electron chi connectivity index (χ2n) is 12.8. The molecule has 0 saturated carbocycles. The van der Waals surface area contributed by atoms with Crippen LogP contribution in [0.15, 0.2) is 108 Å². The van der Waals surface area contributed by atoms with Crippen molar-refractivity contribution in [3.63, 3.8) is 0 Å². The molecule has 0 fully saturated rings. The molecule has 0 saturated heterocycles. The average Bonchev–Trinajstić information content (AvgIpc) is 3.52. The average molecular weight is 719 g/mol. The van der Waals surface area contributed by atoms with E-state index in [1.165, 1.54) is 12.1 Å². The number of aryl methyl sites for hydroxylation is 1. The summed E-state index contributed by atoms with van der Waals surface area (Å²) in [6.45, 7) is 3.70. The summed E-state index contributed by atoms with van der Waals surface area (Å²) in [5, 5.41) is 12.6. The minimum Gasteiger partial charge on any atom is -0.459 e. The van der Waals surface area contributed by atoms with Crippen molar-refractivity contribution in [3.05, 3.63) is 157 Å². The molecule has 0 bridgehead atoms. The Morgan fingerprint density at radius 1 is 0.923 bits per heavy atom. The number of allylic oxidation sites excluding steroid dienone is 1. The Kier molecular flexibility index (Phi) is 9.41. The van der Waals surface area contributed by atoms with Gasteiger partial charge in [0.25, 0.3) is 23.3 Å². The summed E-state index contributed by atoms with van der Waals surface area (Å²) in [6, 6.07) is 26.0. The molecule has 7 rings (SSSR count). The van der Waals surface area contributed by atoms with Crippen LogP contribution in [0.25, 0.3) is 5.69 Å². The van der Waals surface area contributed by atoms with Crippen LogP contribution in [-0.2, 0) is 34.5 Å². The molecular formula is C40H35ClN4O7. The van der Waals surface area contributed by atoms with Crippen molar-refractivity contribution in [2.24, 2.45) is 7.05 Å². The lowest BCUT2D eigenvalue weighted by Gasteiger charge is -2.29. The van der Waals surface area contributed by atoms with Crippen LogP contribution in [0.4, 0.5) is 11.4 Å². The molecule has 0 spiro atoms. The number of aliphatic hydroxyl groups is 1. The fourth-order valence-electron chi connectivity index (χ4n) is 6.67. The molecule has 52 heavy (non-hydrogen) atoms. The first-order valence-corrected chi connectivity index (χ1v) is 17.0. The highest BCUT2D eigenvalue weighted by molar-refractivity contribution is 6.37. The minimum atomic E-state index is -0.871. The van der Waals surface area contributed by atoms with Gasteiger partial charge in [-0.15, -0.1) is 0 Å². The Balaban J connectivity index is 1.16. The van der Waals surface area contributed by atoms with Gasteiger partial charge in [0.1, 0.15) is 0 Å². The number of carbonyl (C=O) groups excluding carboxylic acids is 3. The molecular weight excluding hydrogens is 684 g/mol. The van der Waals surface area contributed by atoms with Crippen molar-refractivity contribution in [2.45, 2.75) is 45.7 Å². The van der Waals surface area contributed by atoms with E-state index in [-0.39, 0.29) is 42.1 Å². The van der Waals surface area contributed by atoms with Gasteiger partial charge in [-0.3, -0.25) is 23.9 Å². The molecule has 2 aliphatic rings. The number of aromatic nitrogens is 2. The van der Waals surface area contributed by atoms with Gasteiger partial charge in [-0.1, -0.05) is 54.1 Å². The molecule has 2 aliphatic heterocycles. The smallest absolute Gasteiger partial charge is 0.290 e. The van der Waals surface area contributed by atoms with E-state index < -0.39 is 29.9 Å². The number of amides is 3. The van der Waals surface area contributed by atoms with Crippen LogP contribution in [-0.4, -0.2) is 38.5 Å². The summed E-state index contributed by atoms with van der Waals surface area (Å²) >= 11 is 6.08. The fourth-order valence-corrected chi connectivity index (χ4v) is 6.85. The quantitative estimate of drug-likeness (QED) is 0.171. The predicted molar refractivity (Wildman–Crippen MR) is 196 cm³/mol. The van der Waals surface area contributed by atoms with Crippen molar-refractivity contribution >= 4 is 40.7 Å². The zero-order valence-electron chi connectivity index (χ0n) is 28.6. The first kappa shape index (κ1) is 34.7. The fraction of sp³-hybridized carbons (Fsp3) is 0.200. The van der Waals surface area contributed by atoms with E-state index >= 15 is 0 Å². The molecule has 1 aromatic heterocycles. The number of benzene rings is 4. The van der Waals surface area contributed by atoms with E-state index in [4.69, 9.17) is 21.1 Å². The van der Waals surface area contributed by atoms with Crippen LogP contribution >= 0.6 is 11.6 Å². The van der Waals surface area contributed by atoms with Crippen molar-refractivity contribution in [1.82, 2.24) is 9.36 Å². The maximum Gasteiger partial charge on any atom is 0.290 e. The van der Waals surface area contributed by atoms with Crippen LogP contribution in [0.1, 0.15) is 61.0 Å². The molecule has 0 unspecified atom stereocenters. The third-order valence-electron chi connectivity index (χ3n) is 9.44. The highest BCUT2D eigenvalue weighted by atomic mass is 35.5. The number of nitrogens with one attached hydrogen (secondary N) is 1. The van der Waals surface area contributed by atoms with Crippen LogP contribution in [0.3, 0.4) is 0 Å². The molecule has 5 aromatic rings. The van der Waals surface area contributed by atoms with Crippen LogP contribution < -0.4 is 15.8 Å². The second-order valence-corrected chi connectivity index (χ2v) is 13.2. The van der Waals surface area contributed by atoms with Gasteiger partial charge in [-0.05, 0) is 85.1 Å². The summed E-state index contributed by atoms with van der Waals surface area (Å²) in [7, 11) is 1.82.